The van der Waals surface area contributed by atoms with Gasteiger partial charge in [0.25, 0.3) is 0 Å². The maximum Gasteiger partial charge on any atom is 0.117 e. The van der Waals surface area contributed by atoms with E-state index in [-0.39, 0.29) is 0 Å². The quantitative estimate of drug-likeness (QED) is 0.515. The van der Waals surface area contributed by atoms with Crippen molar-refractivity contribution >= 4 is 55.3 Å². The van der Waals surface area contributed by atoms with Crippen LogP contribution in [0.5, 0.6) is 0 Å². The number of thiazole rings is 2. The lowest BCUT2D eigenvalue weighted by atomic mass is 10.3. The molecule has 2 aromatic heterocycles. The van der Waals surface area contributed by atoms with Crippen LogP contribution < -0.4 is 0 Å². The van der Waals surface area contributed by atoms with Gasteiger partial charge in [0.15, 0.2) is 0 Å². The van der Waals surface area contributed by atoms with Gasteiger partial charge in [-0.2, -0.15) is 0 Å². The molecule has 0 aliphatic rings. The molecule has 0 N–H and O–H groups in total. The van der Waals surface area contributed by atoms with Gasteiger partial charge in [-0.25, -0.2) is 9.97 Å². The minimum absolute atomic E-state index is 1.02. The van der Waals surface area contributed by atoms with E-state index in [1.54, 1.807) is 22.7 Å². The van der Waals surface area contributed by atoms with E-state index in [0.29, 0.717) is 0 Å². The fourth-order valence-electron chi connectivity index (χ4n) is 2.07. The van der Waals surface area contributed by atoms with Crippen molar-refractivity contribution < 1.29 is 0 Å². The molecular formula is C16H10N2S2. The first-order valence-electron chi connectivity index (χ1n) is 6.28. The summed E-state index contributed by atoms with van der Waals surface area (Å²) in [6.07, 6.45) is 4.09. The van der Waals surface area contributed by atoms with Crippen LogP contribution >= 0.6 is 22.7 Å². The van der Waals surface area contributed by atoms with Gasteiger partial charge in [0.05, 0.1) is 20.4 Å². The molecule has 0 aliphatic heterocycles. The molecule has 0 amide bonds. The molecule has 4 heteroatoms. The third kappa shape index (κ3) is 2.13. The monoisotopic (exact) mass is 294 g/mol. The maximum atomic E-state index is 4.59. The summed E-state index contributed by atoms with van der Waals surface area (Å²) in [4.78, 5) is 9.18. The van der Waals surface area contributed by atoms with Crippen molar-refractivity contribution in [2.24, 2.45) is 0 Å². The minimum atomic E-state index is 1.02. The van der Waals surface area contributed by atoms with E-state index >= 15 is 0 Å². The fraction of sp³-hybridized carbons (Fsp3) is 0. The smallest absolute Gasteiger partial charge is 0.117 e. The van der Waals surface area contributed by atoms with Gasteiger partial charge >= 0.3 is 0 Å². The summed E-state index contributed by atoms with van der Waals surface area (Å²) in [7, 11) is 0. The third-order valence-corrected chi connectivity index (χ3v) is 4.99. The van der Waals surface area contributed by atoms with Crippen molar-refractivity contribution in [3.8, 4) is 0 Å². The first-order valence-corrected chi connectivity index (χ1v) is 7.91. The Morgan fingerprint density at radius 3 is 1.55 bits per heavy atom. The SMILES string of the molecule is C(=C/c1nc2ccccc2s1)/c1nc2ccccc2s1. The van der Waals surface area contributed by atoms with Crippen LogP contribution in [0.15, 0.2) is 48.5 Å². The van der Waals surface area contributed by atoms with Gasteiger partial charge in [-0.05, 0) is 36.4 Å². The van der Waals surface area contributed by atoms with Gasteiger partial charge in [0, 0.05) is 0 Å². The van der Waals surface area contributed by atoms with E-state index < -0.39 is 0 Å². The highest BCUT2D eigenvalue weighted by atomic mass is 32.1. The molecule has 2 nitrogen and oxygen atoms in total. The van der Waals surface area contributed by atoms with Crippen LogP contribution in [0, 0.1) is 0 Å². The molecule has 0 saturated carbocycles. The first kappa shape index (κ1) is 11.8. The molecule has 20 heavy (non-hydrogen) atoms. The van der Waals surface area contributed by atoms with Crippen LogP contribution in [0.4, 0.5) is 0 Å². The van der Waals surface area contributed by atoms with Crippen LogP contribution in [0.3, 0.4) is 0 Å². The fourth-order valence-corrected chi connectivity index (χ4v) is 3.81. The summed E-state index contributed by atoms with van der Waals surface area (Å²) >= 11 is 3.40. The average molecular weight is 294 g/mol. The zero-order valence-electron chi connectivity index (χ0n) is 10.5. The second kappa shape index (κ2) is 4.81. The minimum Gasteiger partial charge on any atom is -0.237 e. The number of rotatable bonds is 2. The standard InChI is InChI=1S/C16H10N2S2/c1-3-7-13-11(5-1)17-15(19-13)9-10-16-18-12-6-2-4-8-14(12)20-16/h1-10H/b10-9-. The zero-order valence-corrected chi connectivity index (χ0v) is 12.1. The van der Waals surface area contributed by atoms with Crippen molar-refractivity contribution in [1.29, 1.82) is 0 Å². The molecule has 0 bridgehead atoms. The molecule has 2 aromatic carbocycles. The van der Waals surface area contributed by atoms with Gasteiger partial charge in [-0.15, -0.1) is 22.7 Å². The van der Waals surface area contributed by atoms with Gasteiger partial charge in [0.1, 0.15) is 10.0 Å². The highest BCUT2D eigenvalue weighted by Crippen LogP contribution is 2.25. The van der Waals surface area contributed by atoms with Crippen molar-refractivity contribution in [2.45, 2.75) is 0 Å². The third-order valence-electron chi connectivity index (χ3n) is 2.99. The Hall–Kier alpha value is -2.04. The Labute approximate surface area is 124 Å². The summed E-state index contributed by atoms with van der Waals surface area (Å²) in [5.41, 5.74) is 2.11. The Bertz CT molecular complexity index is 776. The molecule has 0 fully saturated rings. The Morgan fingerprint density at radius 1 is 0.650 bits per heavy atom. The lowest BCUT2D eigenvalue weighted by Gasteiger charge is -1.81. The molecule has 0 unspecified atom stereocenters. The second-order valence-electron chi connectivity index (χ2n) is 4.37. The number of fused-ring (bicyclic) bond motifs is 2. The average Bonchev–Trinajstić information content (AvgIpc) is 3.07. The molecule has 0 saturated heterocycles. The number of aromatic nitrogens is 2. The highest BCUT2D eigenvalue weighted by molar-refractivity contribution is 7.20. The molecular weight excluding hydrogens is 284 g/mol. The van der Waals surface area contributed by atoms with E-state index in [4.69, 9.17) is 0 Å². The van der Waals surface area contributed by atoms with Crippen molar-refractivity contribution in [1.82, 2.24) is 9.97 Å². The molecule has 2 heterocycles. The van der Waals surface area contributed by atoms with Crippen LogP contribution in [0.25, 0.3) is 32.6 Å². The van der Waals surface area contributed by atoms with Crippen LogP contribution in [0.1, 0.15) is 10.0 Å². The topological polar surface area (TPSA) is 25.8 Å². The number of hydrogen-bond donors (Lipinski definition) is 0. The molecule has 0 aliphatic carbocycles. The zero-order chi connectivity index (χ0) is 13.4. The second-order valence-corrected chi connectivity index (χ2v) is 6.50. The lowest BCUT2D eigenvalue weighted by Crippen LogP contribution is -1.70. The maximum absolute atomic E-state index is 4.59. The Kier molecular flexibility index (Phi) is 2.83. The summed E-state index contributed by atoms with van der Waals surface area (Å²) < 4.78 is 2.44. The summed E-state index contributed by atoms with van der Waals surface area (Å²) in [6, 6.07) is 16.4. The number of nitrogens with zero attached hydrogens (tertiary/aromatic N) is 2. The van der Waals surface area contributed by atoms with Crippen LogP contribution in [-0.2, 0) is 0 Å². The van der Waals surface area contributed by atoms with E-state index in [9.17, 15) is 0 Å². The Balaban J connectivity index is 1.70. The predicted octanol–water partition coefficient (Wildman–Crippen LogP) is 5.08. The van der Waals surface area contributed by atoms with Crippen molar-refractivity contribution in [3.05, 3.63) is 58.5 Å². The van der Waals surface area contributed by atoms with Crippen molar-refractivity contribution in [2.75, 3.05) is 0 Å². The summed E-state index contributed by atoms with van der Waals surface area (Å²) in [6.45, 7) is 0. The number of benzene rings is 2. The summed E-state index contributed by atoms with van der Waals surface area (Å²) in [5.74, 6) is 0. The van der Waals surface area contributed by atoms with E-state index in [2.05, 4.69) is 22.1 Å². The molecule has 4 aromatic rings. The lowest BCUT2D eigenvalue weighted by molar-refractivity contribution is 1.45. The molecule has 0 atom stereocenters. The van der Waals surface area contributed by atoms with Crippen molar-refractivity contribution in [3.63, 3.8) is 0 Å². The summed E-state index contributed by atoms with van der Waals surface area (Å²) in [5, 5.41) is 2.04. The van der Waals surface area contributed by atoms with Gasteiger partial charge < -0.3 is 0 Å². The Morgan fingerprint density at radius 2 is 1.10 bits per heavy atom. The van der Waals surface area contributed by atoms with E-state index in [1.165, 1.54) is 9.40 Å². The largest absolute Gasteiger partial charge is 0.237 e. The van der Waals surface area contributed by atoms with Crippen LogP contribution in [0.2, 0.25) is 0 Å². The van der Waals surface area contributed by atoms with Crippen LogP contribution in [-0.4, -0.2) is 9.97 Å². The molecule has 4 rings (SSSR count). The van der Waals surface area contributed by atoms with E-state index in [0.717, 1.165) is 21.0 Å². The number of hydrogen-bond acceptors (Lipinski definition) is 4. The predicted molar refractivity (Wildman–Crippen MR) is 88.2 cm³/mol. The molecule has 0 spiro atoms. The van der Waals surface area contributed by atoms with Gasteiger partial charge in [-0.1, -0.05) is 24.3 Å². The highest BCUT2D eigenvalue weighted by Gasteiger charge is 2.02. The normalized spacial score (nSPS) is 11.8. The first-order chi connectivity index (χ1) is 9.88. The van der Waals surface area contributed by atoms with Gasteiger partial charge in [0.2, 0.25) is 0 Å². The van der Waals surface area contributed by atoms with Gasteiger partial charge in [-0.3, -0.25) is 0 Å². The van der Waals surface area contributed by atoms with E-state index in [1.807, 2.05) is 48.6 Å². The molecule has 0 radical (unpaired) electrons. The number of para-hydroxylation sites is 2. The molecule has 96 valence electrons.